The maximum atomic E-state index is 12.7. The fraction of sp³-hybridized carbons (Fsp3) is 0.625. The van der Waals surface area contributed by atoms with Crippen molar-refractivity contribution in [2.75, 3.05) is 12.4 Å². The normalized spacial score (nSPS) is 17.0. The second kappa shape index (κ2) is 7.87. The summed E-state index contributed by atoms with van der Waals surface area (Å²) in [6.45, 7) is 1.76. The van der Waals surface area contributed by atoms with E-state index in [1.165, 1.54) is 20.9 Å². The molecule has 1 atom stereocenters. The number of hydrogen-bond acceptors (Lipinski definition) is 8. The van der Waals surface area contributed by atoms with Crippen molar-refractivity contribution in [2.45, 2.75) is 43.6 Å². The minimum Gasteiger partial charge on any atom is -0.376 e. The number of fused-ring (bicyclic) bond motifs is 1. The second-order valence-corrected chi connectivity index (χ2v) is 7.87. The smallest absolute Gasteiger partial charge is 0.332 e. The van der Waals surface area contributed by atoms with E-state index in [0.717, 1.165) is 24.6 Å². The van der Waals surface area contributed by atoms with Crippen LogP contribution in [0.15, 0.2) is 21.1 Å². The number of imidazole rings is 1. The lowest BCUT2D eigenvalue weighted by Gasteiger charge is -2.10. The highest BCUT2D eigenvalue weighted by molar-refractivity contribution is 7.99. The van der Waals surface area contributed by atoms with Crippen molar-refractivity contribution in [2.24, 2.45) is 14.1 Å². The Hall–Kier alpha value is -2.47. The largest absolute Gasteiger partial charge is 0.376 e. The molecule has 0 bridgehead atoms. The number of thioether (sulfide) groups is 1. The van der Waals surface area contributed by atoms with Gasteiger partial charge in [-0.25, -0.2) is 14.5 Å². The molecule has 1 aliphatic heterocycles. The maximum Gasteiger partial charge on any atom is 0.332 e. The molecule has 11 nitrogen and oxygen atoms in total. The third-order valence-corrected chi connectivity index (χ3v) is 5.90. The molecule has 28 heavy (non-hydrogen) atoms. The highest BCUT2D eigenvalue weighted by atomic mass is 32.2. The zero-order valence-electron chi connectivity index (χ0n) is 15.8. The molecule has 0 radical (unpaired) electrons. The number of aryl methyl sites for hydroxylation is 2. The van der Waals surface area contributed by atoms with Crippen LogP contribution in [0.4, 0.5) is 0 Å². The van der Waals surface area contributed by atoms with Gasteiger partial charge < -0.3 is 9.30 Å². The first kappa shape index (κ1) is 18.9. The third kappa shape index (κ3) is 3.49. The SMILES string of the molecule is Cn1cnc2c1c(=O)n(CCCSc1nnnn1C[C@@H]1CCCO1)c(=O)n2C. The minimum absolute atomic E-state index is 0.162. The van der Waals surface area contributed by atoms with Gasteiger partial charge in [-0.1, -0.05) is 11.8 Å². The molecule has 150 valence electrons. The molecule has 1 aliphatic rings. The van der Waals surface area contributed by atoms with E-state index in [1.807, 2.05) is 0 Å². The molecule has 0 aliphatic carbocycles. The topological polar surface area (TPSA) is 115 Å². The summed E-state index contributed by atoms with van der Waals surface area (Å²) in [7, 11) is 3.37. The number of hydrogen-bond donors (Lipinski definition) is 0. The molecular formula is C16H22N8O3S. The molecule has 0 spiro atoms. The first-order valence-corrected chi connectivity index (χ1v) is 10.2. The maximum absolute atomic E-state index is 12.7. The first-order valence-electron chi connectivity index (χ1n) is 9.17. The quantitative estimate of drug-likeness (QED) is 0.391. The average Bonchev–Trinajstić information content (AvgIpc) is 3.42. The Bertz CT molecular complexity index is 1090. The summed E-state index contributed by atoms with van der Waals surface area (Å²) in [5.74, 6) is 0.685. The van der Waals surface area contributed by atoms with Gasteiger partial charge in [-0.15, -0.1) is 5.10 Å². The summed E-state index contributed by atoms with van der Waals surface area (Å²) in [5, 5.41) is 12.6. The molecule has 0 amide bonds. The Morgan fingerprint density at radius 2 is 2.18 bits per heavy atom. The van der Waals surface area contributed by atoms with Gasteiger partial charge in [-0.2, -0.15) is 0 Å². The molecule has 0 N–H and O–H groups in total. The zero-order valence-corrected chi connectivity index (χ0v) is 16.6. The van der Waals surface area contributed by atoms with Crippen LogP contribution in [0.3, 0.4) is 0 Å². The number of ether oxygens (including phenoxy) is 1. The van der Waals surface area contributed by atoms with Crippen LogP contribution in [0.25, 0.3) is 11.2 Å². The Morgan fingerprint density at radius 3 is 2.96 bits per heavy atom. The lowest BCUT2D eigenvalue weighted by molar-refractivity contribution is 0.0912. The van der Waals surface area contributed by atoms with Crippen molar-refractivity contribution in [3.63, 3.8) is 0 Å². The van der Waals surface area contributed by atoms with Gasteiger partial charge in [-0.3, -0.25) is 13.9 Å². The summed E-state index contributed by atoms with van der Waals surface area (Å²) in [6.07, 6.45) is 4.43. The fourth-order valence-corrected chi connectivity index (χ4v) is 4.19. The van der Waals surface area contributed by atoms with E-state index in [0.29, 0.717) is 36.4 Å². The van der Waals surface area contributed by atoms with Gasteiger partial charge in [0.2, 0.25) is 5.16 Å². The summed E-state index contributed by atoms with van der Waals surface area (Å²) in [4.78, 5) is 29.3. The van der Waals surface area contributed by atoms with E-state index in [-0.39, 0.29) is 17.4 Å². The fourth-order valence-electron chi connectivity index (χ4n) is 3.38. The number of tetrazole rings is 1. The molecule has 0 aromatic carbocycles. The average molecular weight is 406 g/mol. The van der Waals surface area contributed by atoms with Crippen LogP contribution in [0, 0.1) is 0 Å². The Labute approximate surface area is 164 Å². The second-order valence-electron chi connectivity index (χ2n) is 6.81. The molecule has 4 rings (SSSR count). The zero-order chi connectivity index (χ0) is 19.7. The summed E-state index contributed by atoms with van der Waals surface area (Å²) < 4.78 is 11.7. The lowest BCUT2D eigenvalue weighted by atomic mass is 10.2. The van der Waals surface area contributed by atoms with Crippen LogP contribution in [-0.4, -0.2) is 57.4 Å². The Morgan fingerprint density at radius 1 is 1.32 bits per heavy atom. The van der Waals surface area contributed by atoms with Crippen molar-refractivity contribution in [1.29, 1.82) is 0 Å². The van der Waals surface area contributed by atoms with Crippen LogP contribution in [0.5, 0.6) is 0 Å². The minimum atomic E-state index is -0.357. The summed E-state index contributed by atoms with van der Waals surface area (Å²) in [5.41, 5.74) is 0.155. The number of aromatic nitrogens is 8. The molecule has 12 heteroatoms. The molecule has 3 aromatic rings. The van der Waals surface area contributed by atoms with Crippen molar-refractivity contribution in [3.8, 4) is 0 Å². The molecule has 1 saturated heterocycles. The van der Waals surface area contributed by atoms with E-state index in [1.54, 1.807) is 29.7 Å². The van der Waals surface area contributed by atoms with Crippen LogP contribution in [0.1, 0.15) is 19.3 Å². The summed E-state index contributed by atoms with van der Waals surface area (Å²) in [6, 6.07) is 0. The van der Waals surface area contributed by atoms with Crippen molar-refractivity contribution >= 4 is 22.9 Å². The van der Waals surface area contributed by atoms with Gasteiger partial charge >= 0.3 is 5.69 Å². The lowest BCUT2D eigenvalue weighted by Crippen LogP contribution is -2.39. The van der Waals surface area contributed by atoms with Gasteiger partial charge in [0, 0.05) is 33.0 Å². The van der Waals surface area contributed by atoms with E-state index in [2.05, 4.69) is 20.5 Å². The van der Waals surface area contributed by atoms with E-state index < -0.39 is 0 Å². The van der Waals surface area contributed by atoms with Crippen molar-refractivity contribution in [1.82, 2.24) is 38.9 Å². The predicted molar refractivity (Wildman–Crippen MR) is 102 cm³/mol. The molecule has 1 fully saturated rings. The van der Waals surface area contributed by atoms with Crippen LogP contribution in [-0.2, 0) is 31.9 Å². The van der Waals surface area contributed by atoms with Crippen LogP contribution in [0.2, 0.25) is 0 Å². The van der Waals surface area contributed by atoms with Gasteiger partial charge in [0.15, 0.2) is 11.2 Å². The standard InChI is InChI=1S/C16H22N8O3S/c1-21-10-17-13-12(21)14(25)23(16(26)22(13)2)6-4-8-28-15-18-19-20-24(15)9-11-5-3-7-27-11/h10-11H,3-9H2,1-2H3/t11-/m0/s1. The molecule has 3 aromatic heterocycles. The highest BCUT2D eigenvalue weighted by Crippen LogP contribution is 2.19. The van der Waals surface area contributed by atoms with Crippen molar-refractivity contribution in [3.05, 3.63) is 27.2 Å². The monoisotopic (exact) mass is 406 g/mol. The van der Waals surface area contributed by atoms with E-state index >= 15 is 0 Å². The van der Waals surface area contributed by atoms with Gasteiger partial charge in [0.25, 0.3) is 5.56 Å². The molecule has 0 unspecified atom stereocenters. The van der Waals surface area contributed by atoms with Gasteiger partial charge in [-0.05, 0) is 29.7 Å². The molecule has 0 saturated carbocycles. The third-order valence-electron chi connectivity index (χ3n) is 4.86. The molecule has 4 heterocycles. The van der Waals surface area contributed by atoms with Crippen LogP contribution >= 0.6 is 11.8 Å². The number of nitrogens with zero attached hydrogens (tertiary/aromatic N) is 8. The highest BCUT2D eigenvalue weighted by Gasteiger charge is 2.19. The Balaban J connectivity index is 1.41. The predicted octanol–water partition coefficient (Wildman–Crippen LogP) is -0.218. The first-order chi connectivity index (χ1) is 13.6. The van der Waals surface area contributed by atoms with E-state index in [9.17, 15) is 9.59 Å². The van der Waals surface area contributed by atoms with E-state index in [4.69, 9.17) is 4.74 Å². The molecular weight excluding hydrogens is 384 g/mol. The Kier molecular flexibility index (Phi) is 5.31. The van der Waals surface area contributed by atoms with Crippen LogP contribution < -0.4 is 11.2 Å². The van der Waals surface area contributed by atoms with Gasteiger partial charge in [0.1, 0.15) is 0 Å². The number of rotatable bonds is 7. The van der Waals surface area contributed by atoms with Crippen molar-refractivity contribution < 1.29 is 4.74 Å². The van der Waals surface area contributed by atoms with Gasteiger partial charge in [0.05, 0.1) is 19.0 Å². The summed E-state index contributed by atoms with van der Waals surface area (Å²) >= 11 is 1.51.